The first-order valence-electron chi connectivity index (χ1n) is 6.11. The van der Waals surface area contributed by atoms with E-state index in [1.165, 1.54) is 5.57 Å². The summed E-state index contributed by atoms with van der Waals surface area (Å²) in [6, 6.07) is 7.51. The maximum Gasteiger partial charge on any atom is 0.321 e. The van der Waals surface area contributed by atoms with Crippen LogP contribution in [0.25, 0.3) is 0 Å². The highest BCUT2D eigenvalue weighted by Crippen LogP contribution is 2.29. The minimum Gasteiger partial charge on any atom is -0.327 e. The highest BCUT2D eigenvalue weighted by molar-refractivity contribution is 6.30. The summed E-state index contributed by atoms with van der Waals surface area (Å²) in [5.41, 5.74) is 2.29. The number of urea groups is 1. The van der Waals surface area contributed by atoms with E-state index < -0.39 is 0 Å². The Morgan fingerprint density at radius 1 is 1.33 bits per heavy atom. The first-order valence-corrected chi connectivity index (χ1v) is 6.49. The number of rotatable bonds is 3. The van der Waals surface area contributed by atoms with Crippen molar-refractivity contribution in [3.05, 3.63) is 46.6 Å². The summed E-state index contributed by atoms with van der Waals surface area (Å²) in [7, 11) is 1.77. The second-order valence-electron chi connectivity index (χ2n) is 4.50. The lowest BCUT2D eigenvalue weighted by molar-refractivity contribution is 0.215. The molecule has 2 amide bonds. The highest BCUT2D eigenvalue weighted by Gasteiger charge is 2.25. The second kappa shape index (κ2) is 5.44. The van der Waals surface area contributed by atoms with Crippen LogP contribution in [0.15, 0.2) is 36.0 Å². The molecule has 0 fully saturated rings. The van der Waals surface area contributed by atoms with E-state index in [1.807, 2.05) is 30.5 Å². The van der Waals surface area contributed by atoms with Gasteiger partial charge < -0.3 is 10.2 Å². The summed E-state index contributed by atoms with van der Waals surface area (Å²) in [6.07, 6.45) is 3.96. The summed E-state index contributed by atoms with van der Waals surface area (Å²) < 4.78 is 0. The van der Waals surface area contributed by atoms with Crippen LogP contribution in [0.2, 0.25) is 5.02 Å². The maximum atomic E-state index is 11.7. The Balaban J connectivity index is 2.32. The van der Waals surface area contributed by atoms with Gasteiger partial charge in [-0.05, 0) is 29.7 Å². The van der Waals surface area contributed by atoms with Crippen LogP contribution in [-0.4, -0.2) is 18.0 Å². The molecular weight excluding hydrogens is 248 g/mol. The molecule has 0 spiro atoms. The number of halogens is 1. The summed E-state index contributed by atoms with van der Waals surface area (Å²) in [6.45, 7) is 2.14. The molecule has 2 rings (SSSR count). The molecule has 0 aromatic heterocycles. The normalized spacial score (nSPS) is 19.5. The molecule has 0 radical (unpaired) electrons. The van der Waals surface area contributed by atoms with Crippen molar-refractivity contribution in [1.82, 2.24) is 10.2 Å². The minimum absolute atomic E-state index is 0.0362. The van der Waals surface area contributed by atoms with Crippen LogP contribution in [0.1, 0.15) is 31.4 Å². The fourth-order valence-corrected chi connectivity index (χ4v) is 2.28. The summed E-state index contributed by atoms with van der Waals surface area (Å²) in [5.74, 6) is 0. The minimum atomic E-state index is -0.0743. The Hall–Kier alpha value is -1.48. The van der Waals surface area contributed by atoms with Crippen LogP contribution >= 0.6 is 11.6 Å². The number of carbonyl (C=O) groups is 1. The smallest absolute Gasteiger partial charge is 0.321 e. The zero-order valence-electron chi connectivity index (χ0n) is 10.6. The van der Waals surface area contributed by atoms with E-state index in [0.29, 0.717) is 5.02 Å². The number of hydrogen-bond donors (Lipinski definition) is 1. The lowest BCUT2D eigenvalue weighted by atomic mass is 9.95. The molecule has 1 N–H and O–H groups in total. The van der Waals surface area contributed by atoms with Crippen molar-refractivity contribution < 1.29 is 4.79 Å². The van der Waals surface area contributed by atoms with Gasteiger partial charge in [0, 0.05) is 18.3 Å². The SMILES string of the molecule is CCCC1=CN(C)C(=O)NC1c1ccc(Cl)cc1. The Morgan fingerprint density at radius 3 is 2.61 bits per heavy atom. The summed E-state index contributed by atoms with van der Waals surface area (Å²) in [5, 5.41) is 3.72. The zero-order chi connectivity index (χ0) is 13.1. The van der Waals surface area contributed by atoms with Crippen LogP contribution in [0, 0.1) is 0 Å². The van der Waals surface area contributed by atoms with E-state index in [0.717, 1.165) is 18.4 Å². The van der Waals surface area contributed by atoms with Crippen LogP contribution in [0.4, 0.5) is 4.79 Å². The van der Waals surface area contributed by atoms with Crippen LogP contribution < -0.4 is 5.32 Å². The molecule has 0 aliphatic carbocycles. The number of nitrogens with zero attached hydrogens (tertiary/aromatic N) is 1. The van der Waals surface area contributed by atoms with E-state index in [1.54, 1.807) is 11.9 Å². The Bertz CT molecular complexity index is 467. The average Bonchev–Trinajstić information content (AvgIpc) is 2.35. The molecule has 1 heterocycles. The van der Waals surface area contributed by atoms with Gasteiger partial charge in [-0.2, -0.15) is 0 Å². The fraction of sp³-hybridized carbons (Fsp3) is 0.357. The molecule has 0 saturated heterocycles. The van der Waals surface area contributed by atoms with E-state index >= 15 is 0 Å². The average molecular weight is 265 g/mol. The van der Waals surface area contributed by atoms with Crippen molar-refractivity contribution >= 4 is 17.6 Å². The van der Waals surface area contributed by atoms with Gasteiger partial charge in [-0.25, -0.2) is 4.79 Å². The number of amides is 2. The van der Waals surface area contributed by atoms with Crippen molar-refractivity contribution in [3.8, 4) is 0 Å². The third-order valence-corrected chi connectivity index (χ3v) is 3.31. The molecule has 18 heavy (non-hydrogen) atoms. The number of benzene rings is 1. The molecule has 1 unspecified atom stereocenters. The molecule has 0 bridgehead atoms. The van der Waals surface area contributed by atoms with Gasteiger partial charge >= 0.3 is 6.03 Å². The van der Waals surface area contributed by atoms with Gasteiger partial charge in [0.2, 0.25) is 0 Å². The molecule has 1 aromatic carbocycles. The summed E-state index contributed by atoms with van der Waals surface area (Å²) in [4.78, 5) is 13.3. The third-order valence-electron chi connectivity index (χ3n) is 3.06. The van der Waals surface area contributed by atoms with Crippen molar-refractivity contribution in [2.45, 2.75) is 25.8 Å². The van der Waals surface area contributed by atoms with Crippen LogP contribution in [0.3, 0.4) is 0 Å². The van der Waals surface area contributed by atoms with Gasteiger partial charge in [0.15, 0.2) is 0 Å². The van der Waals surface area contributed by atoms with Gasteiger partial charge in [-0.15, -0.1) is 0 Å². The lowest BCUT2D eigenvalue weighted by Crippen LogP contribution is -2.41. The van der Waals surface area contributed by atoms with Crippen molar-refractivity contribution in [2.24, 2.45) is 0 Å². The van der Waals surface area contributed by atoms with E-state index in [-0.39, 0.29) is 12.1 Å². The molecular formula is C14H17ClN2O. The standard InChI is InChI=1S/C14H17ClN2O/c1-3-4-11-9-17(2)14(18)16-13(11)10-5-7-12(15)8-6-10/h5-9,13H,3-4H2,1-2H3,(H,16,18). The Kier molecular flexibility index (Phi) is 3.92. The van der Waals surface area contributed by atoms with Crippen molar-refractivity contribution in [1.29, 1.82) is 0 Å². The van der Waals surface area contributed by atoms with E-state index in [9.17, 15) is 4.79 Å². The highest BCUT2D eigenvalue weighted by atomic mass is 35.5. The predicted octanol–water partition coefficient (Wildman–Crippen LogP) is 3.72. The van der Waals surface area contributed by atoms with Crippen LogP contribution in [0.5, 0.6) is 0 Å². The predicted molar refractivity (Wildman–Crippen MR) is 73.5 cm³/mol. The zero-order valence-corrected chi connectivity index (χ0v) is 11.4. The summed E-state index contributed by atoms with van der Waals surface area (Å²) >= 11 is 5.89. The quantitative estimate of drug-likeness (QED) is 0.887. The lowest BCUT2D eigenvalue weighted by Gasteiger charge is -2.30. The fourth-order valence-electron chi connectivity index (χ4n) is 2.15. The van der Waals surface area contributed by atoms with E-state index in [2.05, 4.69) is 12.2 Å². The molecule has 3 nitrogen and oxygen atoms in total. The second-order valence-corrected chi connectivity index (χ2v) is 4.94. The first kappa shape index (κ1) is 13.0. The Morgan fingerprint density at radius 2 is 2.00 bits per heavy atom. The van der Waals surface area contributed by atoms with Gasteiger partial charge in [0.25, 0.3) is 0 Å². The first-order chi connectivity index (χ1) is 8.61. The van der Waals surface area contributed by atoms with Gasteiger partial charge in [0.1, 0.15) is 0 Å². The number of carbonyl (C=O) groups excluding carboxylic acids is 1. The number of hydrogen-bond acceptors (Lipinski definition) is 1. The van der Waals surface area contributed by atoms with Gasteiger partial charge in [-0.1, -0.05) is 37.1 Å². The van der Waals surface area contributed by atoms with Gasteiger partial charge in [-0.3, -0.25) is 0 Å². The molecule has 1 aromatic rings. The largest absolute Gasteiger partial charge is 0.327 e. The molecule has 4 heteroatoms. The molecule has 1 aliphatic rings. The van der Waals surface area contributed by atoms with Gasteiger partial charge in [0.05, 0.1) is 6.04 Å². The molecule has 0 saturated carbocycles. The van der Waals surface area contributed by atoms with Crippen molar-refractivity contribution in [3.63, 3.8) is 0 Å². The Labute approximate surface area is 112 Å². The molecule has 1 aliphatic heterocycles. The van der Waals surface area contributed by atoms with Crippen molar-refractivity contribution in [2.75, 3.05) is 7.05 Å². The number of nitrogens with one attached hydrogen (secondary N) is 1. The third kappa shape index (κ3) is 2.67. The maximum absolute atomic E-state index is 11.7. The van der Waals surface area contributed by atoms with E-state index in [4.69, 9.17) is 11.6 Å². The monoisotopic (exact) mass is 264 g/mol. The molecule has 96 valence electrons. The topological polar surface area (TPSA) is 32.3 Å². The molecule has 1 atom stereocenters. The van der Waals surface area contributed by atoms with Crippen LogP contribution in [-0.2, 0) is 0 Å².